The Kier molecular flexibility index (Phi) is 6.95. The van der Waals surface area contributed by atoms with E-state index in [1.807, 2.05) is 57.1 Å². The highest BCUT2D eigenvalue weighted by molar-refractivity contribution is 7.91. The summed E-state index contributed by atoms with van der Waals surface area (Å²) >= 11 is 0. The number of nitriles is 1. The van der Waals surface area contributed by atoms with Gasteiger partial charge in [0.2, 0.25) is 0 Å². The molecule has 1 amide bonds. The zero-order chi connectivity index (χ0) is 22.8. The van der Waals surface area contributed by atoms with E-state index in [2.05, 4.69) is 10.4 Å². The normalized spacial score (nSPS) is 15.5. The van der Waals surface area contributed by atoms with Gasteiger partial charge < -0.3 is 4.90 Å². The Morgan fingerprint density at radius 1 is 1.26 bits per heavy atom. The molecule has 2 N–H and O–H groups in total. The molecule has 1 saturated carbocycles. The summed E-state index contributed by atoms with van der Waals surface area (Å²) in [5, 5.41) is 15.4. The van der Waals surface area contributed by atoms with Crippen LogP contribution in [0.15, 0.2) is 45.7 Å². The molecule has 2 aromatic carbocycles. The maximum Gasteiger partial charge on any atom is 0.259 e. The van der Waals surface area contributed by atoms with Crippen molar-refractivity contribution in [1.82, 2.24) is 4.90 Å². The quantitative estimate of drug-likeness (QED) is 0.704. The van der Waals surface area contributed by atoms with Crippen LogP contribution in [0, 0.1) is 11.3 Å². The molecule has 31 heavy (non-hydrogen) atoms. The Hall–Kier alpha value is -2.53. The lowest BCUT2D eigenvalue weighted by Crippen LogP contribution is -2.17. The van der Waals surface area contributed by atoms with Gasteiger partial charge in [-0.15, -0.1) is 4.36 Å². The lowest BCUT2D eigenvalue weighted by atomic mass is 9.87. The van der Waals surface area contributed by atoms with E-state index in [4.69, 9.17) is 5.14 Å². The third kappa shape index (κ3) is 5.79. The Bertz CT molecular complexity index is 1110. The summed E-state index contributed by atoms with van der Waals surface area (Å²) in [6, 6.07) is 13.0. The van der Waals surface area contributed by atoms with Gasteiger partial charge in [0.05, 0.1) is 22.9 Å². The van der Waals surface area contributed by atoms with Crippen molar-refractivity contribution >= 4 is 15.8 Å². The highest BCUT2D eigenvalue weighted by Gasteiger charge is 2.29. The van der Waals surface area contributed by atoms with Gasteiger partial charge in [0.1, 0.15) is 9.92 Å². The molecule has 1 aliphatic rings. The monoisotopic (exact) mass is 438 g/mol. The number of nitrogens with zero attached hydrogens (tertiary/aromatic N) is 3. The summed E-state index contributed by atoms with van der Waals surface area (Å²) in [6.45, 7) is 4.84. The average molecular weight is 439 g/mol. The molecule has 1 atom stereocenters. The van der Waals surface area contributed by atoms with Gasteiger partial charge in [0.15, 0.2) is 0 Å². The third-order valence-electron chi connectivity index (χ3n) is 5.41. The van der Waals surface area contributed by atoms with Crippen LogP contribution in [0.25, 0.3) is 0 Å². The van der Waals surface area contributed by atoms with Crippen LogP contribution in [0.3, 0.4) is 0 Å². The maximum atomic E-state index is 13.0. The zero-order valence-electron chi connectivity index (χ0n) is 18.6. The lowest BCUT2D eigenvalue weighted by molar-refractivity contribution is -0.117. The van der Waals surface area contributed by atoms with Gasteiger partial charge in [-0.1, -0.05) is 26.0 Å². The van der Waals surface area contributed by atoms with E-state index in [9.17, 15) is 14.3 Å². The van der Waals surface area contributed by atoms with Crippen LogP contribution < -0.4 is 5.14 Å². The molecule has 164 valence electrons. The molecule has 7 heteroatoms. The highest BCUT2D eigenvalue weighted by atomic mass is 32.2. The topological polar surface area (TPSA) is 99.5 Å². The maximum absolute atomic E-state index is 13.0. The van der Waals surface area contributed by atoms with Crippen molar-refractivity contribution in [2.45, 2.75) is 56.4 Å². The van der Waals surface area contributed by atoms with Crippen molar-refractivity contribution in [3.8, 4) is 6.07 Å². The fourth-order valence-corrected chi connectivity index (χ4v) is 4.80. The molecule has 0 radical (unpaired) electrons. The van der Waals surface area contributed by atoms with Gasteiger partial charge in [-0.25, -0.2) is 9.35 Å². The number of rotatable bonds is 7. The first-order valence-corrected chi connectivity index (χ1v) is 12.1. The first kappa shape index (κ1) is 23.1. The van der Waals surface area contributed by atoms with E-state index in [1.54, 1.807) is 12.1 Å². The summed E-state index contributed by atoms with van der Waals surface area (Å²) in [4.78, 5) is 15.2. The molecule has 0 spiro atoms. The number of carbonyl (C=O) groups excluding carboxylic acids is 1. The SMILES string of the molecule is CC(C)c1cc(C#N)cc(C2CC2)c1CC(=O)N=[S@](N)(=O)c1ccc(CN(C)C)cc1. The molecule has 0 saturated heterocycles. The van der Waals surface area contributed by atoms with Crippen molar-refractivity contribution in [3.63, 3.8) is 0 Å². The summed E-state index contributed by atoms with van der Waals surface area (Å²) in [7, 11) is 0.613. The molecule has 1 fully saturated rings. The molecule has 3 rings (SSSR count). The summed E-state index contributed by atoms with van der Waals surface area (Å²) in [5.74, 6) is 0.0264. The van der Waals surface area contributed by atoms with Gasteiger partial charge in [-0.3, -0.25) is 4.79 Å². The van der Waals surface area contributed by atoms with Gasteiger partial charge in [-0.2, -0.15) is 5.26 Å². The van der Waals surface area contributed by atoms with E-state index in [-0.39, 0.29) is 12.3 Å². The van der Waals surface area contributed by atoms with Crippen LogP contribution in [0.4, 0.5) is 0 Å². The minimum atomic E-state index is -3.33. The summed E-state index contributed by atoms with van der Waals surface area (Å²) in [6.07, 6.45) is 2.15. The van der Waals surface area contributed by atoms with Crippen LogP contribution in [0.2, 0.25) is 0 Å². The summed E-state index contributed by atoms with van der Waals surface area (Å²) < 4.78 is 16.9. The Morgan fingerprint density at radius 2 is 1.90 bits per heavy atom. The second-order valence-corrected chi connectivity index (χ2v) is 10.6. The first-order valence-electron chi connectivity index (χ1n) is 10.5. The summed E-state index contributed by atoms with van der Waals surface area (Å²) in [5.41, 5.74) is 4.59. The Labute approximate surface area is 185 Å². The second-order valence-electron chi connectivity index (χ2n) is 8.79. The van der Waals surface area contributed by atoms with Gasteiger partial charge in [-0.05, 0) is 85.3 Å². The van der Waals surface area contributed by atoms with E-state index >= 15 is 0 Å². The smallest absolute Gasteiger partial charge is 0.259 e. The number of nitrogens with two attached hydrogens (primary N) is 1. The molecule has 0 bridgehead atoms. The van der Waals surface area contributed by atoms with Crippen molar-refractivity contribution in [2.75, 3.05) is 14.1 Å². The van der Waals surface area contributed by atoms with E-state index in [0.29, 0.717) is 16.4 Å². The van der Waals surface area contributed by atoms with Gasteiger partial charge in [0, 0.05) is 6.54 Å². The fraction of sp³-hybridized carbons (Fsp3) is 0.417. The molecular weight excluding hydrogens is 408 g/mol. The van der Waals surface area contributed by atoms with Crippen LogP contribution >= 0.6 is 0 Å². The third-order valence-corrected chi connectivity index (χ3v) is 6.83. The van der Waals surface area contributed by atoms with Crippen molar-refractivity contribution < 1.29 is 9.00 Å². The predicted octanol–water partition coefficient (Wildman–Crippen LogP) is 4.09. The molecule has 1 aliphatic carbocycles. The lowest BCUT2D eigenvalue weighted by Gasteiger charge is -2.17. The van der Waals surface area contributed by atoms with Crippen LogP contribution in [0.1, 0.15) is 66.3 Å². The number of amides is 1. The Morgan fingerprint density at radius 3 is 2.42 bits per heavy atom. The molecule has 0 heterocycles. The second kappa shape index (κ2) is 9.31. The number of carbonyl (C=O) groups is 1. The zero-order valence-corrected chi connectivity index (χ0v) is 19.4. The van der Waals surface area contributed by atoms with Crippen molar-refractivity contribution in [2.24, 2.45) is 9.50 Å². The fourth-order valence-electron chi connectivity index (χ4n) is 3.80. The van der Waals surface area contributed by atoms with Gasteiger partial charge >= 0.3 is 0 Å². The number of hydrogen-bond donors (Lipinski definition) is 1. The number of benzene rings is 2. The van der Waals surface area contributed by atoms with E-state index < -0.39 is 15.8 Å². The minimum absolute atomic E-state index is 0.0396. The predicted molar refractivity (Wildman–Crippen MR) is 123 cm³/mol. The van der Waals surface area contributed by atoms with Gasteiger partial charge in [0.25, 0.3) is 5.91 Å². The van der Waals surface area contributed by atoms with Crippen LogP contribution in [-0.4, -0.2) is 29.1 Å². The largest absolute Gasteiger partial charge is 0.305 e. The molecular formula is C24H30N4O2S. The minimum Gasteiger partial charge on any atom is -0.305 e. The van der Waals surface area contributed by atoms with E-state index in [0.717, 1.165) is 41.6 Å². The molecule has 6 nitrogen and oxygen atoms in total. The standard InChI is InChI=1S/C24H30N4O2S/c1-16(2)21-11-18(14-25)12-22(19-7-8-19)23(21)13-24(29)27-31(26,30)20-9-5-17(6-10-20)15-28(3)4/h5-6,9-12,16,19H,7-8,13,15H2,1-4H3,(H2,26,27,29,30)/t31-/m0/s1. The highest BCUT2D eigenvalue weighted by Crippen LogP contribution is 2.44. The number of hydrogen-bond acceptors (Lipinski definition) is 4. The molecule has 0 aromatic heterocycles. The van der Waals surface area contributed by atoms with E-state index in [1.165, 1.54) is 0 Å². The van der Waals surface area contributed by atoms with Crippen molar-refractivity contribution in [3.05, 3.63) is 64.2 Å². The molecule has 2 aromatic rings. The van der Waals surface area contributed by atoms with Crippen LogP contribution in [0.5, 0.6) is 0 Å². The first-order chi connectivity index (χ1) is 14.6. The Balaban J connectivity index is 1.91. The average Bonchev–Trinajstić information content (AvgIpc) is 3.52. The van der Waals surface area contributed by atoms with Crippen molar-refractivity contribution in [1.29, 1.82) is 5.26 Å². The molecule has 0 unspecified atom stereocenters. The van der Waals surface area contributed by atoms with Crippen LogP contribution in [-0.2, 0) is 27.7 Å². The molecule has 0 aliphatic heterocycles.